The maximum absolute atomic E-state index is 2.58. The topological polar surface area (TPSA) is 0 Å². The molecule has 2 saturated carbocycles. The third kappa shape index (κ3) is 1.26. The Morgan fingerprint density at radius 1 is 0.929 bits per heavy atom. The van der Waals surface area contributed by atoms with Crippen LogP contribution < -0.4 is 0 Å². The third-order valence-electron chi connectivity index (χ3n) is 6.05. The van der Waals surface area contributed by atoms with E-state index in [1.54, 1.807) is 0 Å². The third-order valence-corrected chi connectivity index (χ3v) is 6.05. The van der Waals surface area contributed by atoms with E-state index in [0.717, 1.165) is 11.8 Å². The molecule has 0 heteroatoms. The lowest BCUT2D eigenvalue weighted by molar-refractivity contribution is -0.0899. The van der Waals surface area contributed by atoms with Crippen molar-refractivity contribution in [3.63, 3.8) is 0 Å². The first-order valence-electron chi connectivity index (χ1n) is 6.48. The molecule has 0 aromatic carbocycles. The summed E-state index contributed by atoms with van der Waals surface area (Å²) in [7, 11) is 0. The Hall–Kier alpha value is 0. The fourth-order valence-corrected chi connectivity index (χ4v) is 4.09. The molecular weight excluding hydrogens is 168 g/mol. The molecule has 0 radical (unpaired) electrons. The molecule has 0 aliphatic heterocycles. The Kier molecular flexibility index (Phi) is 2.44. The van der Waals surface area contributed by atoms with E-state index in [9.17, 15) is 0 Å². The van der Waals surface area contributed by atoms with E-state index in [-0.39, 0.29) is 0 Å². The minimum Gasteiger partial charge on any atom is -0.0620 e. The van der Waals surface area contributed by atoms with Crippen LogP contribution in [0.5, 0.6) is 0 Å². The summed E-state index contributed by atoms with van der Waals surface area (Å²) in [5.74, 6) is 1.95. The van der Waals surface area contributed by atoms with Crippen LogP contribution in [-0.4, -0.2) is 0 Å². The van der Waals surface area contributed by atoms with Crippen molar-refractivity contribution in [3.8, 4) is 0 Å². The van der Waals surface area contributed by atoms with Gasteiger partial charge in [-0.3, -0.25) is 0 Å². The van der Waals surface area contributed by atoms with Crippen molar-refractivity contribution in [3.05, 3.63) is 0 Å². The van der Waals surface area contributed by atoms with Crippen LogP contribution in [0.1, 0.15) is 66.2 Å². The van der Waals surface area contributed by atoms with Crippen molar-refractivity contribution in [1.82, 2.24) is 0 Å². The molecule has 14 heavy (non-hydrogen) atoms. The zero-order valence-electron chi connectivity index (χ0n) is 10.4. The lowest BCUT2D eigenvalue weighted by atomic mass is 9.46. The van der Waals surface area contributed by atoms with Gasteiger partial charge >= 0.3 is 0 Å². The van der Waals surface area contributed by atoms with Gasteiger partial charge in [0.1, 0.15) is 0 Å². The van der Waals surface area contributed by atoms with E-state index >= 15 is 0 Å². The first-order chi connectivity index (χ1) is 6.48. The van der Waals surface area contributed by atoms with Gasteiger partial charge in [-0.05, 0) is 48.3 Å². The van der Waals surface area contributed by atoms with Crippen molar-refractivity contribution in [2.45, 2.75) is 66.2 Å². The van der Waals surface area contributed by atoms with E-state index in [4.69, 9.17) is 0 Å². The van der Waals surface area contributed by atoms with E-state index in [1.807, 2.05) is 0 Å². The van der Waals surface area contributed by atoms with Crippen LogP contribution in [0.25, 0.3) is 0 Å². The molecule has 0 saturated heterocycles. The molecule has 2 rings (SSSR count). The quantitative estimate of drug-likeness (QED) is 0.527. The highest BCUT2D eigenvalue weighted by atomic mass is 14.6. The van der Waals surface area contributed by atoms with E-state index < -0.39 is 0 Å². The molecule has 3 atom stereocenters. The molecule has 2 aliphatic rings. The summed E-state index contributed by atoms with van der Waals surface area (Å²) in [5.41, 5.74) is 1.21. The van der Waals surface area contributed by atoms with Gasteiger partial charge in [0.05, 0.1) is 0 Å². The summed E-state index contributed by atoms with van der Waals surface area (Å²) in [6.07, 6.45) is 8.92. The fraction of sp³-hybridized carbons (Fsp3) is 1.00. The van der Waals surface area contributed by atoms with E-state index in [2.05, 4.69) is 27.7 Å². The van der Waals surface area contributed by atoms with Gasteiger partial charge in [-0.2, -0.15) is 0 Å². The fourth-order valence-electron chi connectivity index (χ4n) is 4.09. The second-order valence-corrected chi connectivity index (χ2v) is 6.56. The van der Waals surface area contributed by atoms with Crippen molar-refractivity contribution in [2.24, 2.45) is 22.7 Å². The molecule has 3 unspecified atom stereocenters. The second kappa shape index (κ2) is 3.25. The maximum atomic E-state index is 2.58. The number of rotatable bonds is 0. The summed E-state index contributed by atoms with van der Waals surface area (Å²) in [6, 6.07) is 0. The van der Waals surface area contributed by atoms with Crippen LogP contribution in [-0.2, 0) is 0 Å². The summed E-state index contributed by atoms with van der Waals surface area (Å²) >= 11 is 0. The summed E-state index contributed by atoms with van der Waals surface area (Å²) in [6.45, 7) is 10.1. The zero-order chi connectivity index (χ0) is 10.4. The molecule has 0 amide bonds. The van der Waals surface area contributed by atoms with Gasteiger partial charge < -0.3 is 0 Å². The molecule has 0 heterocycles. The van der Waals surface area contributed by atoms with Gasteiger partial charge in [-0.1, -0.05) is 40.5 Å². The first-order valence-corrected chi connectivity index (χ1v) is 6.48. The molecule has 0 nitrogen and oxygen atoms in total. The van der Waals surface area contributed by atoms with Gasteiger partial charge in [0.2, 0.25) is 0 Å². The van der Waals surface area contributed by atoms with Crippen LogP contribution in [0.15, 0.2) is 0 Å². The Bertz CT molecular complexity index is 216. The summed E-state index contributed by atoms with van der Waals surface area (Å²) in [4.78, 5) is 0. The molecule has 0 aromatic rings. The second-order valence-electron chi connectivity index (χ2n) is 6.56. The molecule has 2 aliphatic carbocycles. The molecule has 0 N–H and O–H groups in total. The molecule has 82 valence electrons. The smallest absolute Gasteiger partial charge is 0.0244 e. The van der Waals surface area contributed by atoms with Gasteiger partial charge in [-0.15, -0.1) is 0 Å². The van der Waals surface area contributed by atoms with Gasteiger partial charge in [0.15, 0.2) is 0 Å². The lowest BCUT2D eigenvalue weighted by Crippen LogP contribution is -2.50. The predicted octanol–water partition coefficient (Wildman–Crippen LogP) is 4.64. The van der Waals surface area contributed by atoms with Gasteiger partial charge in [-0.25, -0.2) is 0 Å². The maximum Gasteiger partial charge on any atom is -0.0244 e. The van der Waals surface area contributed by atoms with Crippen molar-refractivity contribution < 1.29 is 0 Å². The number of hydrogen-bond donors (Lipinski definition) is 0. The van der Waals surface area contributed by atoms with Gasteiger partial charge in [0.25, 0.3) is 0 Å². The van der Waals surface area contributed by atoms with Crippen LogP contribution in [0.2, 0.25) is 0 Å². The average Bonchev–Trinajstić information content (AvgIpc) is 2.14. The van der Waals surface area contributed by atoms with Crippen LogP contribution in [0.4, 0.5) is 0 Å². The summed E-state index contributed by atoms with van der Waals surface area (Å²) < 4.78 is 0. The largest absolute Gasteiger partial charge is 0.0620 e. The van der Waals surface area contributed by atoms with Crippen LogP contribution >= 0.6 is 0 Å². The standard InChI is InChI=1S/C14H26/c1-11-8-9-12-7-5-6-10-14(12,4)13(11,2)3/h11-12H,5-10H2,1-4H3. The van der Waals surface area contributed by atoms with E-state index in [1.165, 1.54) is 38.5 Å². The molecule has 0 spiro atoms. The normalized spacial score (nSPS) is 47.1. The van der Waals surface area contributed by atoms with Crippen molar-refractivity contribution in [2.75, 3.05) is 0 Å². The Morgan fingerprint density at radius 2 is 1.64 bits per heavy atom. The Balaban J connectivity index is 2.29. The Labute approximate surface area is 89.5 Å². The molecule has 0 aromatic heterocycles. The predicted molar refractivity (Wildman–Crippen MR) is 62.2 cm³/mol. The lowest BCUT2D eigenvalue weighted by Gasteiger charge is -2.58. The Morgan fingerprint density at radius 3 is 2.36 bits per heavy atom. The highest BCUT2D eigenvalue weighted by Gasteiger charge is 2.52. The van der Waals surface area contributed by atoms with Crippen molar-refractivity contribution >= 4 is 0 Å². The zero-order valence-corrected chi connectivity index (χ0v) is 10.4. The average molecular weight is 194 g/mol. The molecule has 2 fully saturated rings. The van der Waals surface area contributed by atoms with Crippen LogP contribution in [0.3, 0.4) is 0 Å². The van der Waals surface area contributed by atoms with Gasteiger partial charge in [0, 0.05) is 0 Å². The van der Waals surface area contributed by atoms with E-state index in [0.29, 0.717) is 10.8 Å². The monoisotopic (exact) mass is 194 g/mol. The van der Waals surface area contributed by atoms with Crippen molar-refractivity contribution in [1.29, 1.82) is 0 Å². The first kappa shape index (κ1) is 10.5. The highest BCUT2D eigenvalue weighted by molar-refractivity contribution is 5.01. The minimum absolute atomic E-state index is 0.566. The SMILES string of the molecule is CC1CCC2CCCCC2(C)C1(C)C. The number of hydrogen-bond acceptors (Lipinski definition) is 0. The molecular formula is C14H26. The summed E-state index contributed by atoms with van der Waals surface area (Å²) in [5, 5.41) is 0. The van der Waals surface area contributed by atoms with Crippen LogP contribution in [0, 0.1) is 22.7 Å². The molecule has 0 bridgehead atoms. The minimum atomic E-state index is 0.566. The highest BCUT2D eigenvalue weighted by Crippen LogP contribution is 2.61. The number of fused-ring (bicyclic) bond motifs is 1.